The summed E-state index contributed by atoms with van der Waals surface area (Å²) in [5, 5.41) is 28.5. The quantitative estimate of drug-likeness (QED) is 0.399. The smallest absolute Gasteiger partial charge is 0.231 e. The number of aliphatic hydroxyl groups is 2. The standard InChI is InChI=1S/C27H35N3O5S/c1-4-9-28-25-30-24-17(11-23(33)29-13-16-5-6-18-19(10-16)35-15-34-18)26(2)8-7-22(32)27(3,14-31)21(26)12-20(24)36-25/h4-6,10,17,21-22,31-32H,1,7-9,11-15H2,2-3H3,(H,28,30)(H,29,33). The Labute approximate surface area is 215 Å². The van der Waals surface area contributed by atoms with Crippen molar-refractivity contribution in [2.24, 2.45) is 16.7 Å². The van der Waals surface area contributed by atoms with Crippen molar-refractivity contribution in [2.75, 3.05) is 25.3 Å². The number of nitrogens with zero attached hydrogens (tertiary/aromatic N) is 1. The summed E-state index contributed by atoms with van der Waals surface area (Å²) in [5.74, 6) is 1.29. The molecule has 0 saturated heterocycles. The van der Waals surface area contributed by atoms with Gasteiger partial charge in [-0.25, -0.2) is 4.98 Å². The first-order valence-corrected chi connectivity index (χ1v) is 13.4. The first kappa shape index (κ1) is 25.0. The van der Waals surface area contributed by atoms with Gasteiger partial charge in [-0.3, -0.25) is 4.79 Å². The lowest BCUT2D eigenvalue weighted by Crippen LogP contribution is -2.57. The van der Waals surface area contributed by atoms with Crippen molar-refractivity contribution in [2.45, 2.75) is 58.1 Å². The number of ether oxygens (including phenoxy) is 2. The molecule has 1 aliphatic heterocycles. The summed E-state index contributed by atoms with van der Waals surface area (Å²) in [4.78, 5) is 19.4. The average molecular weight is 514 g/mol. The summed E-state index contributed by atoms with van der Waals surface area (Å²) in [7, 11) is 0. The zero-order valence-corrected chi connectivity index (χ0v) is 21.7. The third-order valence-corrected chi connectivity index (χ3v) is 9.66. The zero-order chi connectivity index (χ0) is 25.5. The maximum atomic E-state index is 13.3. The van der Waals surface area contributed by atoms with Gasteiger partial charge in [-0.2, -0.15) is 0 Å². The molecule has 4 N–H and O–H groups in total. The molecule has 2 aromatic rings. The summed E-state index contributed by atoms with van der Waals surface area (Å²) >= 11 is 1.60. The van der Waals surface area contributed by atoms with Crippen LogP contribution in [0.2, 0.25) is 0 Å². The molecular weight excluding hydrogens is 478 g/mol. The van der Waals surface area contributed by atoms with Crippen LogP contribution in [0.4, 0.5) is 5.13 Å². The lowest BCUT2D eigenvalue weighted by Gasteiger charge is -2.58. The fourth-order valence-electron chi connectivity index (χ4n) is 6.39. The van der Waals surface area contributed by atoms with Crippen molar-refractivity contribution in [1.82, 2.24) is 10.3 Å². The molecular formula is C27H35N3O5S. The van der Waals surface area contributed by atoms with Crippen LogP contribution in [0.25, 0.3) is 0 Å². The molecule has 194 valence electrons. The minimum absolute atomic E-state index is 0.0330. The van der Waals surface area contributed by atoms with Crippen molar-refractivity contribution >= 4 is 22.4 Å². The summed E-state index contributed by atoms with van der Waals surface area (Å²) in [6, 6.07) is 5.68. The van der Waals surface area contributed by atoms with Gasteiger partial charge in [-0.1, -0.05) is 26.0 Å². The van der Waals surface area contributed by atoms with E-state index < -0.39 is 11.5 Å². The minimum Gasteiger partial charge on any atom is -0.454 e. The van der Waals surface area contributed by atoms with E-state index in [9.17, 15) is 15.0 Å². The fourth-order valence-corrected chi connectivity index (χ4v) is 7.47. The second-order valence-electron chi connectivity index (χ2n) is 10.7. The second kappa shape index (κ2) is 9.68. The second-order valence-corrected chi connectivity index (χ2v) is 11.8. The molecule has 0 spiro atoms. The predicted octanol–water partition coefficient (Wildman–Crippen LogP) is 3.59. The van der Waals surface area contributed by atoms with Crippen LogP contribution in [0.5, 0.6) is 11.5 Å². The summed E-state index contributed by atoms with van der Waals surface area (Å²) in [6.07, 6.45) is 3.63. The summed E-state index contributed by atoms with van der Waals surface area (Å²) in [5.41, 5.74) is 1.01. The number of hydrogen-bond donors (Lipinski definition) is 4. The molecule has 1 fully saturated rings. The number of amides is 1. The van der Waals surface area contributed by atoms with Crippen molar-refractivity contribution in [3.63, 3.8) is 0 Å². The van der Waals surface area contributed by atoms with Gasteiger partial charge >= 0.3 is 0 Å². The van der Waals surface area contributed by atoms with Crippen molar-refractivity contribution in [1.29, 1.82) is 0 Å². The average Bonchev–Trinajstić information content (AvgIpc) is 3.51. The predicted molar refractivity (Wildman–Crippen MR) is 138 cm³/mol. The molecule has 0 radical (unpaired) electrons. The number of nitrogens with one attached hydrogen (secondary N) is 2. The Morgan fingerprint density at radius 3 is 2.92 bits per heavy atom. The maximum Gasteiger partial charge on any atom is 0.231 e. The Morgan fingerprint density at radius 1 is 1.33 bits per heavy atom. The van der Waals surface area contributed by atoms with Crippen molar-refractivity contribution in [3.05, 3.63) is 47.0 Å². The van der Waals surface area contributed by atoms with Crippen LogP contribution in [0.1, 0.15) is 55.2 Å². The molecule has 1 aromatic heterocycles. The van der Waals surface area contributed by atoms with Crippen LogP contribution in [0.3, 0.4) is 0 Å². The SMILES string of the molecule is C=CCNc1nc2c(s1)CC1C(C)(CO)C(O)CCC1(C)C2CC(=O)NCc1ccc2c(c1)OCO2. The molecule has 1 amide bonds. The van der Waals surface area contributed by atoms with Crippen molar-refractivity contribution < 1.29 is 24.5 Å². The molecule has 5 unspecified atom stereocenters. The van der Waals surface area contributed by atoms with Crippen LogP contribution in [0, 0.1) is 16.7 Å². The number of anilines is 1. The highest BCUT2D eigenvalue weighted by molar-refractivity contribution is 7.15. The molecule has 5 rings (SSSR count). The number of thiazole rings is 1. The third kappa shape index (κ3) is 4.27. The molecule has 2 aliphatic carbocycles. The lowest BCUT2D eigenvalue weighted by atomic mass is 9.47. The molecule has 9 heteroatoms. The Kier molecular flexibility index (Phi) is 6.74. The van der Waals surface area contributed by atoms with E-state index in [1.807, 2.05) is 25.1 Å². The van der Waals surface area contributed by atoms with E-state index in [4.69, 9.17) is 14.5 Å². The van der Waals surface area contributed by atoms with Gasteiger partial charge in [0, 0.05) is 35.7 Å². The first-order chi connectivity index (χ1) is 17.3. The van der Waals surface area contributed by atoms with Gasteiger partial charge in [0.25, 0.3) is 0 Å². The molecule has 1 aromatic carbocycles. The van der Waals surface area contributed by atoms with Gasteiger partial charge in [0.2, 0.25) is 12.7 Å². The van der Waals surface area contributed by atoms with E-state index in [1.54, 1.807) is 17.4 Å². The van der Waals surface area contributed by atoms with Crippen LogP contribution < -0.4 is 20.1 Å². The maximum absolute atomic E-state index is 13.3. The minimum atomic E-state index is -0.634. The van der Waals surface area contributed by atoms with E-state index in [0.29, 0.717) is 31.7 Å². The van der Waals surface area contributed by atoms with E-state index in [0.717, 1.165) is 39.9 Å². The Balaban J connectivity index is 1.40. The fraction of sp³-hybridized carbons (Fsp3) is 0.556. The third-order valence-electron chi connectivity index (χ3n) is 8.61. The molecule has 2 heterocycles. The van der Waals surface area contributed by atoms with E-state index in [1.165, 1.54) is 0 Å². The Bertz CT molecular complexity index is 1150. The highest BCUT2D eigenvalue weighted by atomic mass is 32.1. The summed E-state index contributed by atoms with van der Waals surface area (Å²) in [6.45, 7) is 9.11. The molecule has 5 atom stereocenters. The van der Waals surface area contributed by atoms with Gasteiger partial charge in [-0.05, 0) is 48.3 Å². The Hall–Kier alpha value is -2.62. The molecule has 36 heavy (non-hydrogen) atoms. The van der Waals surface area contributed by atoms with Crippen LogP contribution >= 0.6 is 11.3 Å². The monoisotopic (exact) mass is 513 g/mol. The van der Waals surface area contributed by atoms with Gasteiger partial charge in [-0.15, -0.1) is 17.9 Å². The van der Waals surface area contributed by atoms with Crippen LogP contribution in [-0.2, 0) is 17.8 Å². The number of carbonyl (C=O) groups excluding carboxylic acids is 1. The number of aromatic nitrogens is 1. The van der Waals surface area contributed by atoms with Crippen molar-refractivity contribution in [3.8, 4) is 11.5 Å². The summed E-state index contributed by atoms with van der Waals surface area (Å²) < 4.78 is 10.8. The highest BCUT2D eigenvalue weighted by Crippen LogP contribution is 2.62. The van der Waals surface area contributed by atoms with Crippen LogP contribution in [-0.4, -0.2) is 47.2 Å². The first-order valence-electron chi connectivity index (χ1n) is 12.6. The van der Waals surface area contributed by atoms with Gasteiger partial charge in [0.05, 0.1) is 18.4 Å². The molecule has 0 bridgehead atoms. The van der Waals surface area contributed by atoms with Gasteiger partial charge < -0.3 is 30.3 Å². The highest BCUT2D eigenvalue weighted by Gasteiger charge is 2.59. The number of rotatable bonds is 8. The topological polar surface area (TPSA) is 113 Å². The number of hydrogen-bond acceptors (Lipinski definition) is 8. The van der Waals surface area contributed by atoms with Gasteiger partial charge in [0.1, 0.15) is 0 Å². The molecule has 3 aliphatic rings. The Morgan fingerprint density at radius 2 is 2.14 bits per heavy atom. The molecule has 1 saturated carbocycles. The lowest BCUT2D eigenvalue weighted by molar-refractivity contribution is -0.144. The van der Waals surface area contributed by atoms with E-state index in [2.05, 4.69) is 24.1 Å². The number of benzene rings is 1. The normalized spacial score (nSPS) is 30.3. The number of fused-ring (bicyclic) bond motifs is 3. The number of carbonyl (C=O) groups is 1. The van der Waals surface area contributed by atoms with Crippen LogP contribution in [0.15, 0.2) is 30.9 Å². The molecule has 8 nitrogen and oxygen atoms in total. The largest absolute Gasteiger partial charge is 0.454 e. The van der Waals surface area contributed by atoms with E-state index >= 15 is 0 Å². The zero-order valence-electron chi connectivity index (χ0n) is 20.9. The van der Waals surface area contributed by atoms with E-state index in [-0.39, 0.29) is 36.6 Å². The van der Waals surface area contributed by atoms with Gasteiger partial charge in [0.15, 0.2) is 16.6 Å². The number of aliphatic hydroxyl groups excluding tert-OH is 2.